The van der Waals surface area contributed by atoms with Gasteiger partial charge < -0.3 is 9.64 Å². The Morgan fingerprint density at radius 2 is 1.76 bits per heavy atom. The fraction of sp³-hybridized carbons (Fsp3) is 0.368. The normalized spacial score (nSPS) is 25.0. The topological polar surface area (TPSA) is 42.4 Å². The first-order valence-corrected chi connectivity index (χ1v) is 9.22. The van der Waals surface area contributed by atoms with Gasteiger partial charge in [0.1, 0.15) is 11.9 Å². The molecule has 3 heterocycles. The summed E-state index contributed by atoms with van der Waals surface area (Å²) in [6, 6.07) is 9.18. The number of ether oxygens (including phenoxy) is 1. The van der Waals surface area contributed by atoms with E-state index in [-0.39, 0.29) is 24.1 Å². The first-order valence-electron chi connectivity index (χ1n) is 8.46. The van der Waals surface area contributed by atoms with E-state index in [2.05, 4.69) is 4.98 Å². The zero-order chi connectivity index (χ0) is 17.4. The Kier molecular flexibility index (Phi) is 4.57. The van der Waals surface area contributed by atoms with Crippen LogP contribution in [-0.4, -0.2) is 34.0 Å². The zero-order valence-electron chi connectivity index (χ0n) is 13.6. The number of carbonyl (C=O) groups excluding carboxylic acids is 1. The van der Waals surface area contributed by atoms with E-state index in [0.717, 1.165) is 31.4 Å². The number of hydrogen-bond donors (Lipinski definition) is 0. The number of amides is 1. The average molecular weight is 377 g/mol. The number of rotatable bonds is 3. The van der Waals surface area contributed by atoms with E-state index in [1.54, 1.807) is 30.6 Å². The van der Waals surface area contributed by atoms with Crippen LogP contribution < -0.4 is 4.74 Å². The Hall–Kier alpha value is -1.78. The van der Waals surface area contributed by atoms with Crippen molar-refractivity contribution in [2.45, 2.75) is 43.9 Å². The predicted octanol–water partition coefficient (Wildman–Crippen LogP) is 4.60. The third-order valence-corrected chi connectivity index (χ3v) is 5.59. The molecule has 1 aromatic carbocycles. The molecular formula is C19H18Cl2N2O2. The maximum absolute atomic E-state index is 13.0. The molecule has 0 aliphatic carbocycles. The molecule has 2 aliphatic heterocycles. The summed E-state index contributed by atoms with van der Waals surface area (Å²) in [7, 11) is 0. The van der Waals surface area contributed by atoms with Gasteiger partial charge in [0, 0.05) is 42.3 Å². The number of carbonyl (C=O) groups is 1. The SMILES string of the molecule is O=C(c1ccc(Cl)cc1Cl)N1C2CCC1CC(Oc1ccncc1)C2. The van der Waals surface area contributed by atoms with Gasteiger partial charge in [0.25, 0.3) is 5.91 Å². The van der Waals surface area contributed by atoms with E-state index in [0.29, 0.717) is 15.6 Å². The standard InChI is InChI=1S/C19H18Cl2N2O2/c20-12-1-4-17(18(21)9-12)19(24)23-13-2-3-14(23)11-16(10-13)25-15-5-7-22-8-6-15/h1,4-9,13-14,16H,2-3,10-11H2. The molecule has 4 nitrogen and oxygen atoms in total. The molecule has 0 N–H and O–H groups in total. The maximum atomic E-state index is 13.0. The van der Waals surface area contributed by atoms with E-state index < -0.39 is 0 Å². The molecular weight excluding hydrogens is 359 g/mol. The van der Waals surface area contributed by atoms with Crippen molar-refractivity contribution in [2.75, 3.05) is 0 Å². The number of hydrogen-bond acceptors (Lipinski definition) is 3. The largest absolute Gasteiger partial charge is 0.490 e. The van der Waals surface area contributed by atoms with Crippen molar-refractivity contribution in [1.82, 2.24) is 9.88 Å². The molecule has 25 heavy (non-hydrogen) atoms. The predicted molar refractivity (Wildman–Crippen MR) is 97.3 cm³/mol. The Morgan fingerprint density at radius 1 is 1.08 bits per heavy atom. The summed E-state index contributed by atoms with van der Waals surface area (Å²) in [5.74, 6) is 0.830. The van der Waals surface area contributed by atoms with Crippen LogP contribution in [0.3, 0.4) is 0 Å². The van der Waals surface area contributed by atoms with Crippen molar-refractivity contribution in [3.8, 4) is 5.75 Å². The first kappa shape index (κ1) is 16.7. The third-order valence-electron chi connectivity index (χ3n) is 5.04. The lowest BCUT2D eigenvalue weighted by molar-refractivity contribution is 0.0359. The lowest BCUT2D eigenvalue weighted by Crippen LogP contribution is -2.49. The van der Waals surface area contributed by atoms with Crippen LogP contribution in [0.4, 0.5) is 0 Å². The molecule has 1 amide bonds. The number of nitrogens with zero attached hydrogens (tertiary/aromatic N) is 2. The molecule has 2 aliphatic rings. The Morgan fingerprint density at radius 3 is 2.40 bits per heavy atom. The molecule has 2 atom stereocenters. The van der Waals surface area contributed by atoms with Crippen molar-refractivity contribution in [3.63, 3.8) is 0 Å². The molecule has 0 spiro atoms. The highest BCUT2D eigenvalue weighted by Gasteiger charge is 2.44. The van der Waals surface area contributed by atoms with Gasteiger partial charge in [-0.2, -0.15) is 0 Å². The van der Waals surface area contributed by atoms with Crippen molar-refractivity contribution in [1.29, 1.82) is 0 Å². The minimum Gasteiger partial charge on any atom is -0.490 e. The molecule has 6 heteroatoms. The van der Waals surface area contributed by atoms with Gasteiger partial charge in [-0.05, 0) is 43.2 Å². The van der Waals surface area contributed by atoms with Gasteiger partial charge in [0.2, 0.25) is 0 Å². The summed E-state index contributed by atoms with van der Waals surface area (Å²) in [6.07, 6.45) is 7.29. The van der Waals surface area contributed by atoms with Crippen LogP contribution in [-0.2, 0) is 0 Å². The highest BCUT2D eigenvalue weighted by atomic mass is 35.5. The fourth-order valence-corrected chi connectivity index (χ4v) is 4.46. The van der Waals surface area contributed by atoms with Gasteiger partial charge in [0.05, 0.1) is 10.6 Å². The number of piperidine rings is 1. The minimum atomic E-state index is -0.00322. The van der Waals surface area contributed by atoms with Crippen molar-refractivity contribution >= 4 is 29.1 Å². The van der Waals surface area contributed by atoms with Crippen LogP contribution in [0.5, 0.6) is 5.75 Å². The molecule has 2 aromatic rings. The second-order valence-electron chi connectivity index (χ2n) is 6.62. The van der Waals surface area contributed by atoms with Gasteiger partial charge in [-0.1, -0.05) is 23.2 Å². The highest BCUT2D eigenvalue weighted by Crippen LogP contribution is 2.39. The molecule has 2 fully saturated rings. The summed E-state index contributed by atoms with van der Waals surface area (Å²) in [5.41, 5.74) is 0.525. The summed E-state index contributed by atoms with van der Waals surface area (Å²) in [5, 5.41) is 0.945. The molecule has 130 valence electrons. The summed E-state index contributed by atoms with van der Waals surface area (Å²) >= 11 is 12.2. The lowest BCUT2D eigenvalue weighted by Gasteiger charge is -2.39. The van der Waals surface area contributed by atoms with Crippen molar-refractivity contribution in [2.24, 2.45) is 0 Å². The average Bonchev–Trinajstić information content (AvgIpc) is 2.86. The number of aromatic nitrogens is 1. The Bertz CT molecular complexity index is 770. The quantitative estimate of drug-likeness (QED) is 0.785. The van der Waals surface area contributed by atoms with Crippen LogP contribution in [0.2, 0.25) is 10.0 Å². The van der Waals surface area contributed by atoms with Crippen molar-refractivity contribution < 1.29 is 9.53 Å². The fourth-order valence-electron chi connectivity index (χ4n) is 3.97. The third kappa shape index (κ3) is 3.33. The minimum absolute atomic E-state index is 0.00322. The Labute approximate surface area is 156 Å². The number of benzene rings is 1. The van der Waals surface area contributed by atoms with E-state index in [9.17, 15) is 4.79 Å². The van der Waals surface area contributed by atoms with E-state index in [4.69, 9.17) is 27.9 Å². The smallest absolute Gasteiger partial charge is 0.255 e. The van der Waals surface area contributed by atoms with E-state index in [1.807, 2.05) is 17.0 Å². The molecule has 1 aromatic heterocycles. The first-order chi connectivity index (χ1) is 12.1. The molecule has 0 saturated carbocycles. The molecule has 4 rings (SSSR count). The van der Waals surface area contributed by atoms with Gasteiger partial charge >= 0.3 is 0 Å². The number of pyridine rings is 1. The van der Waals surface area contributed by atoms with Crippen molar-refractivity contribution in [3.05, 3.63) is 58.3 Å². The van der Waals surface area contributed by atoms with Crippen LogP contribution in [0.15, 0.2) is 42.7 Å². The van der Waals surface area contributed by atoms with Gasteiger partial charge in [-0.25, -0.2) is 0 Å². The highest BCUT2D eigenvalue weighted by molar-refractivity contribution is 6.36. The van der Waals surface area contributed by atoms with Crippen LogP contribution in [0.1, 0.15) is 36.0 Å². The second kappa shape index (κ2) is 6.85. The number of halogens is 2. The van der Waals surface area contributed by atoms with Gasteiger partial charge in [-0.3, -0.25) is 9.78 Å². The second-order valence-corrected chi connectivity index (χ2v) is 7.46. The van der Waals surface area contributed by atoms with Gasteiger partial charge in [0.15, 0.2) is 0 Å². The van der Waals surface area contributed by atoms with Crippen LogP contribution in [0.25, 0.3) is 0 Å². The zero-order valence-corrected chi connectivity index (χ0v) is 15.1. The van der Waals surface area contributed by atoms with Crippen LogP contribution >= 0.6 is 23.2 Å². The number of fused-ring (bicyclic) bond motifs is 2. The molecule has 2 saturated heterocycles. The monoisotopic (exact) mass is 376 g/mol. The van der Waals surface area contributed by atoms with Gasteiger partial charge in [-0.15, -0.1) is 0 Å². The van der Waals surface area contributed by atoms with E-state index in [1.165, 1.54) is 0 Å². The van der Waals surface area contributed by atoms with Crippen LogP contribution in [0, 0.1) is 0 Å². The summed E-state index contributed by atoms with van der Waals surface area (Å²) < 4.78 is 6.09. The maximum Gasteiger partial charge on any atom is 0.255 e. The summed E-state index contributed by atoms with van der Waals surface area (Å²) in [4.78, 5) is 19.0. The molecule has 2 unspecified atom stereocenters. The molecule has 0 radical (unpaired) electrons. The molecule has 2 bridgehead atoms. The summed E-state index contributed by atoms with van der Waals surface area (Å²) in [6.45, 7) is 0. The van der Waals surface area contributed by atoms with E-state index >= 15 is 0 Å². The lowest BCUT2D eigenvalue weighted by atomic mass is 9.98. The Balaban J connectivity index is 1.49.